The molecular weight excluding hydrogens is 448 g/mol. The van der Waals surface area contributed by atoms with Crippen molar-refractivity contribution in [3.63, 3.8) is 0 Å². The highest BCUT2D eigenvalue weighted by Gasteiger charge is 2.36. The van der Waals surface area contributed by atoms with Crippen molar-refractivity contribution in [1.82, 2.24) is 9.31 Å². The summed E-state index contributed by atoms with van der Waals surface area (Å²) in [4.78, 5) is 35.7. The molecule has 0 unspecified atom stereocenters. The van der Waals surface area contributed by atoms with E-state index in [9.17, 15) is 28.1 Å². The Hall–Kier alpha value is -2.67. The van der Waals surface area contributed by atoms with Crippen LogP contribution in [0.4, 0.5) is 10.5 Å². The van der Waals surface area contributed by atoms with Crippen molar-refractivity contribution in [3.05, 3.63) is 39.9 Å². The van der Waals surface area contributed by atoms with E-state index in [1.165, 1.54) is 56.3 Å². The van der Waals surface area contributed by atoms with Gasteiger partial charge in [-0.15, -0.1) is 0 Å². The highest BCUT2D eigenvalue weighted by molar-refractivity contribution is 8.14. The third kappa shape index (κ3) is 6.92. The Balaban J connectivity index is 2.08. The fraction of sp³-hybridized carbons (Fsp3) is 0.500. The molecule has 2 rings (SSSR count). The minimum atomic E-state index is -3.52. The minimum absolute atomic E-state index is 0.0684. The van der Waals surface area contributed by atoms with Crippen LogP contribution in [-0.2, 0) is 26.2 Å². The number of sulfonamides is 1. The first kappa shape index (κ1) is 24.6. The molecule has 0 saturated carbocycles. The van der Waals surface area contributed by atoms with Crippen LogP contribution in [0.3, 0.4) is 0 Å². The fourth-order valence-electron chi connectivity index (χ4n) is 2.87. The van der Waals surface area contributed by atoms with Crippen LogP contribution in [0.5, 0.6) is 0 Å². The molecule has 0 radical (unpaired) electrons. The van der Waals surface area contributed by atoms with Gasteiger partial charge in [0.1, 0.15) is 6.61 Å². The molecule has 0 spiro atoms. The first-order valence-electron chi connectivity index (χ1n) is 9.38. The Morgan fingerprint density at radius 3 is 2.58 bits per heavy atom. The molecule has 170 valence electrons. The largest absolute Gasteiger partial charge is 0.445 e. The molecule has 1 aromatic carbocycles. The van der Waals surface area contributed by atoms with E-state index in [-0.39, 0.29) is 35.0 Å². The average Bonchev–Trinajstić information content (AvgIpc) is 3.12. The molecule has 2 atom stereocenters. The summed E-state index contributed by atoms with van der Waals surface area (Å²) >= 11 is 1.10. The fourth-order valence-corrected chi connectivity index (χ4v) is 4.44. The Morgan fingerprint density at radius 2 is 2.03 bits per heavy atom. The lowest BCUT2D eigenvalue weighted by molar-refractivity contribution is -0.384. The number of carbonyl (C=O) groups is 2. The van der Waals surface area contributed by atoms with Crippen LogP contribution >= 0.6 is 11.8 Å². The van der Waals surface area contributed by atoms with E-state index in [0.29, 0.717) is 12.0 Å². The van der Waals surface area contributed by atoms with Gasteiger partial charge in [-0.2, -0.15) is 9.52 Å². The van der Waals surface area contributed by atoms with Crippen molar-refractivity contribution in [2.24, 2.45) is 5.10 Å². The van der Waals surface area contributed by atoms with Crippen molar-refractivity contribution < 1.29 is 27.7 Å². The number of nitrogens with zero attached hydrogens (tertiary/aromatic N) is 4. The summed E-state index contributed by atoms with van der Waals surface area (Å²) in [5, 5.41) is 14.4. The second kappa shape index (κ2) is 10.6. The number of likely N-dealkylation sites (tertiary alicyclic amines) is 1. The van der Waals surface area contributed by atoms with Crippen LogP contribution in [-0.4, -0.2) is 70.7 Å². The van der Waals surface area contributed by atoms with Gasteiger partial charge in [-0.05, 0) is 31.0 Å². The topological polar surface area (TPSA) is 139 Å². The van der Waals surface area contributed by atoms with Crippen molar-refractivity contribution in [2.45, 2.75) is 38.2 Å². The summed E-state index contributed by atoms with van der Waals surface area (Å²) in [7, 11) is -2.21. The quantitative estimate of drug-likeness (QED) is 0.319. The van der Waals surface area contributed by atoms with Crippen LogP contribution in [0.2, 0.25) is 0 Å². The molecular formula is C18H24N4O7S2. The van der Waals surface area contributed by atoms with Gasteiger partial charge in [-0.3, -0.25) is 19.8 Å². The van der Waals surface area contributed by atoms with Crippen molar-refractivity contribution >= 4 is 44.9 Å². The van der Waals surface area contributed by atoms with Crippen molar-refractivity contribution in [1.29, 1.82) is 0 Å². The molecule has 0 aliphatic carbocycles. The molecule has 11 nitrogen and oxygen atoms in total. The third-order valence-electron chi connectivity index (χ3n) is 4.55. The zero-order chi connectivity index (χ0) is 23.2. The van der Waals surface area contributed by atoms with Gasteiger partial charge in [0, 0.05) is 44.1 Å². The van der Waals surface area contributed by atoms with E-state index in [4.69, 9.17) is 4.74 Å². The summed E-state index contributed by atoms with van der Waals surface area (Å²) in [6.45, 7) is 3.08. The highest BCUT2D eigenvalue weighted by Crippen LogP contribution is 2.28. The zero-order valence-electron chi connectivity index (χ0n) is 17.3. The minimum Gasteiger partial charge on any atom is -0.445 e. The van der Waals surface area contributed by atoms with Gasteiger partial charge in [0.05, 0.1) is 16.7 Å². The molecule has 1 aromatic rings. The molecule has 1 aliphatic rings. The normalized spacial score (nSPS) is 18.9. The maximum atomic E-state index is 12.6. The van der Waals surface area contributed by atoms with Gasteiger partial charge in [-0.1, -0.05) is 11.8 Å². The first-order valence-corrected chi connectivity index (χ1v) is 11.9. The van der Waals surface area contributed by atoms with E-state index in [1.807, 2.05) is 0 Å². The number of ether oxygens (including phenoxy) is 1. The second-order valence-electron chi connectivity index (χ2n) is 6.76. The smallest absolute Gasteiger partial charge is 0.410 e. The number of carbonyl (C=O) groups excluding carboxylic acids is 2. The van der Waals surface area contributed by atoms with Gasteiger partial charge >= 0.3 is 6.09 Å². The van der Waals surface area contributed by atoms with E-state index >= 15 is 0 Å². The monoisotopic (exact) mass is 472 g/mol. The standard InChI is InChI=1S/C18H24N4O7S2/c1-4-31(27,28)20(3)19-10-16-9-17(30-13(2)23)11-21(16)18(24)29-12-14-5-7-15(8-6-14)22(25)26/h5-8,10,16-17H,4,9,11-12H2,1-3H3/b19-10+/t16-,17+/m0/s1. The SMILES string of the molecule is CCS(=O)(=O)N(C)/N=C/[C@@H]1C[C@@H](SC(C)=O)CN1C(=O)OCc1ccc([N+](=O)[O-])cc1. The number of hydrogen-bond donors (Lipinski definition) is 0. The van der Waals surface area contributed by atoms with E-state index in [1.54, 1.807) is 0 Å². The van der Waals surface area contributed by atoms with Gasteiger partial charge < -0.3 is 4.74 Å². The lowest BCUT2D eigenvalue weighted by Crippen LogP contribution is -2.37. The van der Waals surface area contributed by atoms with E-state index < -0.39 is 27.1 Å². The molecule has 1 heterocycles. The number of amides is 1. The number of rotatable bonds is 8. The van der Waals surface area contributed by atoms with Gasteiger partial charge in [0.2, 0.25) is 10.0 Å². The van der Waals surface area contributed by atoms with Crippen LogP contribution in [0.1, 0.15) is 25.8 Å². The molecule has 13 heteroatoms. The molecule has 31 heavy (non-hydrogen) atoms. The van der Waals surface area contributed by atoms with Crippen molar-refractivity contribution in [2.75, 3.05) is 19.3 Å². The van der Waals surface area contributed by atoms with Gasteiger partial charge in [-0.25, -0.2) is 13.2 Å². The molecule has 0 N–H and O–H groups in total. The summed E-state index contributed by atoms with van der Waals surface area (Å²) in [5.41, 5.74) is 0.507. The number of nitro groups is 1. The predicted octanol–water partition coefficient (Wildman–Crippen LogP) is 2.22. The van der Waals surface area contributed by atoms with E-state index in [2.05, 4.69) is 5.10 Å². The Morgan fingerprint density at radius 1 is 1.39 bits per heavy atom. The number of hydrogen-bond acceptors (Lipinski definition) is 9. The predicted molar refractivity (Wildman–Crippen MR) is 116 cm³/mol. The van der Waals surface area contributed by atoms with Crippen LogP contribution in [0.15, 0.2) is 29.4 Å². The number of benzene rings is 1. The molecule has 0 bridgehead atoms. The molecule has 1 amide bonds. The molecule has 0 aromatic heterocycles. The third-order valence-corrected chi connectivity index (χ3v) is 7.19. The number of non-ortho nitro benzene ring substituents is 1. The maximum Gasteiger partial charge on any atom is 0.410 e. The molecule has 1 saturated heterocycles. The summed E-state index contributed by atoms with van der Waals surface area (Å²) in [6.07, 6.45) is 1.13. The Bertz CT molecular complexity index is 950. The summed E-state index contributed by atoms with van der Waals surface area (Å²) in [5.74, 6) is -0.116. The highest BCUT2D eigenvalue weighted by atomic mass is 32.2. The number of thioether (sulfide) groups is 1. The zero-order valence-corrected chi connectivity index (χ0v) is 19.0. The Labute approximate surface area is 184 Å². The lowest BCUT2D eigenvalue weighted by atomic mass is 10.2. The van der Waals surface area contributed by atoms with Gasteiger partial charge in [0.15, 0.2) is 5.12 Å². The Kier molecular flexibility index (Phi) is 8.39. The second-order valence-corrected chi connectivity index (χ2v) is 10.5. The molecule has 1 fully saturated rings. The van der Waals surface area contributed by atoms with Crippen LogP contribution in [0.25, 0.3) is 0 Å². The average molecular weight is 473 g/mol. The van der Waals surface area contributed by atoms with Crippen LogP contribution in [0, 0.1) is 10.1 Å². The van der Waals surface area contributed by atoms with Crippen LogP contribution < -0.4 is 0 Å². The maximum absolute atomic E-state index is 12.6. The first-order chi connectivity index (χ1) is 14.5. The van der Waals surface area contributed by atoms with Gasteiger partial charge in [0.25, 0.3) is 5.69 Å². The molecule has 1 aliphatic heterocycles. The lowest BCUT2D eigenvalue weighted by Gasteiger charge is -2.21. The van der Waals surface area contributed by atoms with E-state index in [0.717, 1.165) is 16.2 Å². The summed E-state index contributed by atoms with van der Waals surface area (Å²) < 4.78 is 29.9. The number of hydrazone groups is 1. The number of nitro benzene ring substituents is 1. The van der Waals surface area contributed by atoms with Crippen molar-refractivity contribution in [3.8, 4) is 0 Å². The summed E-state index contributed by atoms with van der Waals surface area (Å²) in [6, 6.07) is 5.08.